The highest BCUT2D eigenvalue weighted by Gasteiger charge is 2.11. The SMILES string of the molecule is CCC(O)COc1c(CNC)cccc1OC. The van der Waals surface area contributed by atoms with E-state index in [1.165, 1.54) is 0 Å². The lowest BCUT2D eigenvalue weighted by molar-refractivity contribution is 0.102. The van der Waals surface area contributed by atoms with Gasteiger partial charge in [-0.1, -0.05) is 19.1 Å². The Labute approximate surface area is 103 Å². The molecule has 17 heavy (non-hydrogen) atoms. The lowest BCUT2D eigenvalue weighted by atomic mass is 10.2. The summed E-state index contributed by atoms with van der Waals surface area (Å²) in [6.07, 6.45) is 0.235. The number of nitrogens with one attached hydrogen (secondary N) is 1. The molecule has 4 nitrogen and oxygen atoms in total. The van der Waals surface area contributed by atoms with Crippen molar-refractivity contribution in [3.05, 3.63) is 23.8 Å². The van der Waals surface area contributed by atoms with E-state index in [0.717, 1.165) is 5.56 Å². The molecule has 0 amide bonds. The zero-order chi connectivity index (χ0) is 12.7. The second-order valence-corrected chi connectivity index (χ2v) is 3.85. The van der Waals surface area contributed by atoms with E-state index in [9.17, 15) is 5.11 Å². The molecule has 0 aliphatic heterocycles. The average molecular weight is 239 g/mol. The molecule has 0 bridgehead atoms. The molecule has 2 N–H and O–H groups in total. The van der Waals surface area contributed by atoms with Crippen LogP contribution < -0.4 is 14.8 Å². The standard InChI is InChI=1S/C13H21NO3/c1-4-11(15)9-17-13-10(8-14-2)6-5-7-12(13)16-3/h5-7,11,14-15H,4,8-9H2,1-3H3. The van der Waals surface area contributed by atoms with Gasteiger partial charge >= 0.3 is 0 Å². The molecule has 0 aromatic heterocycles. The fraction of sp³-hybridized carbons (Fsp3) is 0.538. The predicted octanol–water partition coefficient (Wildman–Crippen LogP) is 1.56. The van der Waals surface area contributed by atoms with E-state index < -0.39 is 6.10 Å². The number of benzene rings is 1. The fourth-order valence-electron chi connectivity index (χ4n) is 1.51. The van der Waals surface area contributed by atoms with Crippen molar-refractivity contribution in [2.24, 2.45) is 0 Å². The predicted molar refractivity (Wildman–Crippen MR) is 67.6 cm³/mol. The lowest BCUT2D eigenvalue weighted by Crippen LogP contribution is -2.17. The van der Waals surface area contributed by atoms with Gasteiger partial charge in [-0.05, 0) is 19.5 Å². The Balaban J connectivity index is 2.84. The third-order valence-corrected chi connectivity index (χ3v) is 2.54. The molecule has 0 spiro atoms. The molecule has 1 aromatic rings. The summed E-state index contributed by atoms with van der Waals surface area (Å²) in [5, 5.41) is 12.6. The third-order valence-electron chi connectivity index (χ3n) is 2.54. The van der Waals surface area contributed by atoms with Crippen molar-refractivity contribution in [3.8, 4) is 11.5 Å². The van der Waals surface area contributed by atoms with Crippen LogP contribution in [0, 0.1) is 0 Å². The van der Waals surface area contributed by atoms with Gasteiger partial charge in [-0.3, -0.25) is 0 Å². The molecule has 0 fully saturated rings. The Morgan fingerprint density at radius 1 is 1.41 bits per heavy atom. The lowest BCUT2D eigenvalue weighted by Gasteiger charge is -2.16. The summed E-state index contributed by atoms with van der Waals surface area (Å²) < 4.78 is 10.9. The van der Waals surface area contributed by atoms with Gasteiger partial charge < -0.3 is 19.9 Å². The maximum atomic E-state index is 9.52. The molecule has 0 saturated heterocycles. The van der Waals surface area contributed by atoms with Crippen LogP contribution in [0.3, 0.4) is 0 Å². The minimum atomic E-state index is -0.442. The van der Waals surface area contributed by atoms with Gasteiger partial charge in [0.1, 0.15) is 6.61 Å². The number of aliphatic hydroxyl groups is 1. The molecule has 1 rings (SSSR count). The number of aliphatic hydroxyl groups excluding tert-OH is 1. The minimum absolute atomic E-state index is 0.285. The number of hydrogen-bond acceptors (Lipinski definition) is 4. The monoisotopic (exact) mass is 239 g/mol. The van der Waals surface area contributed by atoms with Crippen LogP contribution in [0.1, 0.15) is 18.9 Å². The first-order valence-electron chi connectivity index (χ1n) is 5.84. The van der Waals surface area contributed by atoms with Crippen LogP contribution >= 0.6 is 0 Å². The van der Waals surface area contributed by atoms with Crippen molar-refractivity contribution in [3.63, 3.8) is 0 Å². The van der Waals surface area contributed by atoms with Crippen LogP contribution in [0.5, 0.6) is 11.5 Å². The van der Waals surface area contributed by atoms with Crippen molar-refractivity contribution in [1.29, 1.82) is 0 Å². The summed E-state index contributed by atoms with van der Waals surface area (Å²) >= 11 is 0. The van der Waals surface area contributed by atoms with Crippen molar-refractivity contribution >= 4 is 0 Å². The number of methoxy groups -OCH3 is 1. The molecule has 0 saturated carbocycles. The van der Waals surface area contributed by atoms with Gasteiger partial charge in [0.2, 0.25) is 0 Å². The first-order valence-corrected chi connectivity index (χ1v) is 5.84. The van der Waals surface area contributed by atoms with Crippen molar-refractivity contribution in [1.82, 2.24) is 5.32 Å². The van der Waals surface area contributed by atoms with Gasteiger partial charge in [-0.25, -0.2) is 0 Å². The Bertz CT molecular complexity index is 341. The quantitative estimate of drug-likeness (QED) is 0.758. The minimum Gasteiger partial charge on any atom is -0.493 e. The highest BCUT2D eigenvalue weighted by atomic mass is 16.5. The molecule has 0 heterocycles. The van der Waals surface area contributed by atoms with Gasteiger partial charge in [0.05, 0.1) is 13.2 Å². The maximum absolute atomic E-state index is 9.52. The largest absolute Gasteiger partial charge is 0.493 e. The Morgan fingerprint density at radius 2 is 2.18 bits per heavy atom. The fourth-order valence-corrected chi connectivity index (χ4v) is 1.51. The zero-order valence-corrected chi connectivity index (χ0v) is 10.7. The topological polar surface area (TPSA) is 50.7 Å². The van der Waals surface area contributed by atoms with Crippen LogP contribution in [-0.4, -0.2) is 32.0 Å². The Hall–Kier alpha value is -1.26. The van der Waals surface area contributed by atoms with Crippen LogP contribution in [0.4, 0.5) is 0 Å². The van der Waals surface area contributed by atoms with E-state index >= 15 is 0 Å². The summed E-state index contributed by atoms with van der Waals surface area (Å²) in [7, 11) is 3.49. The average Bonchev–Trinajstić information content (AvgIpc) is 2.36. The molecule has 1 unspecified atom stereocenters. The summed E-state index contributed by atoms with van der Waals surface area (Å²) in [5.74, 6) is 1.40. The van der Waals surface area contributed by atoms with Crippen molar-refractivity contribution in [2.75, 3.05) is 20.8 Å². The maximum Gasteiger partial charge on any atom is 0.165 e. The highest BCUT2D eigenvalue weighted by Crippen LogP contribution is 2.31. The second-order valence-electron chi connectivity index (χ2n) is 3.85. The Kier molecular flexibility index (Phi) is 5.80. The van der Waals surface area contributed by atoms with Crippen LogP contribution in [0.25, 0.3) is 0 Å². The van der Waals surface area contributed by atoms with Crippen LogP contribution in [-0.2, 0) is 6.54 Å². The van der Waals surface area contributed by atoms with E-state index in [0.29, 0.717) is 24.5 Å². The number of ether oxygens (including phenoxy) is 2. The molecule has 4 heteroatoms. The van der Waals surface area contributed by atoms with E-state index in [-0.39, 0.29) is 6.61 Å². The number of hydrogen-bond donors (Lipinski definition) is 2. The molecule has 0 aliphatic rings. The molecule has 0 aliphatic carbocycles. The van der Waals surface area contributed by atoms with E-state index in [4.69, 9.17) is 9.47 Å². The zero-order valence-electron chi connectivity index (χ0n) is 10.7. The third kappa shape index (κ3) is 3.91. The molecular formula is C13H21NO3. The van der Waals surface area contributed by atoms with Gasteiger partial charge in [0, 0.05) is 12.1 Å². The first-order chi connectivity index (χ1) is 8.22. The van der Waals surface area contributed by atoms with Gasteiger partial charge in [-0.2, -0.15) is 0 Å². The number of para-hydroxylation sites is 1. The number of rotatable bonds is 7. The first kappa shape index (κ1) is 13.8. The molecule has 0 radical (unpaired) electrons. The molecular weight excluding hydrogens is 218 g/mol. The smallest absolute Gasteiger partial charge is 0.165 e. The van der Waals surface area contributed by atoms with Gasteiger partial charge in [-0.15, -0.1) is 0 Å². The summed E-state index contributed by atoms with van der Waals surface area (Å²) in [5.41, 5.74) is 1.02. The van der Waals surface area contributed by atoms with E-state index in [1.54, 1.807) is 7.11 Å². The normalized spacial score (nSPS) is 12.2. The summed E-state index contributed by atoms with van der Waals surface area (Å²) in [6.45, 7) is 2.91. The summed E-state index contributed by atoms with van der Waals surface area (Å²) in [4.78, 5) is 0. The van der Waals surface area contributed by atoms with Crippen LogP contribution in [0.2, 0.25) is 0 Å². The molecule has 1 atom stereocenters. The Morgan fingerprint density at radius 3 is 2.76 bits per heavy atom. The van der Waals surface area contributed by atoms with Crippen LogP contribution in [0.15, 0.2) is 18.2 Å². The highest BCUT2D eigenvalue weighted by molar-refractivity contribution is 5.46. The van der Waals surface area contributed by atoms with E-state index in [2.05, 4.69) is 5.32 Å². The molecule has 96 valence electrons. The summed E-state index contributed by atoms with van der Waals surface area (Å²) in [6, 6.07) is 5.76. The van der Waals surface area contributed by atoms with E-state index in [1.807, 2.05) is 32.2 Å². The van der Waals surface area contributed by atoms with Gasteiger partial charge in [0.15, 0.2) is 11.5 Å². The van der Waals surface area contributed by atoms with Crippen molar-refractivity contribution < 1.29 is 14.6 Å². The van der Waals surface area contributed by atoms with Crippen molar-refractivity contribution in [2.45, 2.75) is 26.0 Å². The second kappa shape index (κ2) is 7.14. The molecule has 1 aromatic carbocycles. The van der Waals surface area contributed by atoms with Gasteiger partial charge in [0.25, 0.3) is 0 Å².